The lowest BCUT2D eigenvalue weighted by atomic mass is 10.1. The SMILES string of the molecule is CCOc1cc(NC(=O)c2ccccc2F)c(OCC)cc1NC(=O)c1ccco1. The Bertz CT molecular complexity index is 1030. The lowest BCUT2D eigenvalue weighted by molar-refractivity contribution is 0.0993. The van der Waals surface area contributed by atoms with Crippen molar-refractivity contribution in [3.05, 3.63) is 71.9 Å². The zero-order valence-electron chi connectivity index (χ0n) is 16.5. The lowest BCUT2D eigenvalue weighted by Crippen LogP contribution is -2.16. The first kappa shape index (κ1) is 20.9. The largest absolute Gasteiger partial charge is 0.492 e. The van der Waals surface area contributed by atoms with Gasteiger partial charge in [-0.1, -0.05) is 12.1 Å². The number of rotatable bonds is 8. The van der Waals surface area contributed by atoms with Crippen LogP contribution in [0.3, 0.4) is 0 Å². The summed E-state index contributed by atoms with van der Waals surface area (Å²) in [6.45, 7) is 4.19. The van der Waals surface area contributed by atoms with Crippen molar-refractivity contribution in [3.8, 4) is 11.5 Å². The Kier molecular flexibility index (Phi) is 6.69. The van der Waals surface area contributed by atoms with Crippen LogP contribution < -0.4 is 20.1 Å². The molecule has 3 aromatic rings. The number of furan rings is 1. The molecule has 30 heavy (non-hydrogen) atoms. The Morgan fingerprint density at radius 3 is 2.03 bits per heavy atom. The fraction of sp³-hybridized carbons (Fsp3) is 0.182. The van der Waals surface area contributed by atoms with Crippen LogP contribution in [0.5, 0.6) is 11.5 Å². The maximum atomic E-state index is 14.0. The first-order valence-corrected chi connectivity index (χ1v) is 9.37. The zero-order chi connectivity index (χ0) is 21.5. The molecule has 0 spiro atoms. The van der Waals surface area contributed by atoms with Crippen LogP contribution in [0.2, 0.25) is 0 Å². The van der Waals surface area contributed by atoms with Gasteiger partial charge in [0.05, 0.1) is 36.4 Å². The molecule has 1 heterocycles. The maximum absolute atomic E-state index is 14.0. The Balaban J connectivity index is 1.94. The summed E-state index contributed by atoms with van der Waals surface area (Å²) in [6, 6.07) is 11.8. The highest BCUT2D eigenvalue weighted by Crippen LogP contribution is 2.37. The number of anilines is 2. The van der Waals surface area contributed by atoms with Gasteiger partial charge >= 0.3 is 0 Å². The van der Waals surface area contributed by atoms with Crippen LogP contribution >= 0.6 is 0 Å². The van der Waals surface area contributed by atoms with Crippen molar-refractivity contribution in [2.45, 2.75) is 13.8 Å². The van der Waals surface area contributed by atoms with Gasteiger partial charge < -0.3 is 24.5 Å². The van der Waals surface area contributed by atoms with E-state index in [0.717, 1.165) is 0 Å². The highest BCUT2D eigenvalue weighted by Gasteiger charge is 2.19. The van der Waals surface area contributed by atoms with E-state index in [1.54, 1.807) is 26.0 Å². The Labute approximate surface area is 172 Å². The molecular formula is C22H21FN2O5. The molecule has 156 valence electrons. The van der Waals surface area contributed by atoms with Gasteiger partial charge in [0, 0.05) is 12.1 Å². The van der Waals surface area contributed by atoms with Crippen molar-refractivity contribution in [3.63, 3.8) is 0 Å². The summed E-state index contributed by atoms with van der Waals surface area (Å²) in [7, 11) is 0. The molecule has 1 aromatic heterocycles. The smallest absolute Gasteiger partial charge is 0.291 e. The van der Waals surface area contributed by atoms with Gasteiger partial charge in [0.15, 0.2) is 5.76 Å². The summed E-state index contributed by atoms with van der Waals surface area (Å²) in [6.07, 6.45) is 1.39. The number of carbonyl (C=O) groups excluding carboxylic acids is 2. The molecule has 0 bridgehead atoms. The lowest BCUT2D eigenvalue weighted by Gasteiger charge is -2.17. The third-order valence-electron chi connectivity index (χ3n) is 4.04. The van der Waals surface area contributed by atoms with E-state index in [4.69, 9.17) is 13.9 Å². The van der Waals surface area contributed by atoms with E-state index in [2.05, 4.69) is 10.6 Å². The number of amides is 2. The number of hydrogen-bond acceptors (Lipinski definition) is 5. The maximum Gasteiger partial charge on any atom is 0.291 e. The topological polar surface area (TPSA) is 89.8 Å². The number of carbonyl (C=O) groups is 2. The second kappa shape index (κ2) is 9.60. The molecule has 2 aromatic carbocycles. The van der Waals surface area contributed by atoms with E-state index in [0.29, 0.717) is 30.4 Å². The van der Waals surface area contributed by atoms with E-state index >= 15 is 0 Å². The quantitative estimate of drug-likeness (QED) is 0.559. The first-order chi connectivity index (χ1) is 14.5. The fourth-order valence-corrected chi connectivity index (χ4v) is 2.73. The summed E-state index contributed by atoms with van der Waals surface area (Å²) < 4.78 is 30.3. The minimum Gasteiger partial charge on any atom is -0.492 e. The molecule has 0 atom stereocenters. The van der Waals surface area contributed by atoms with Crippen molar-refractivity contribution in [1.82, 2.24) is 0 Å². The van der Waals surface area contributed by atoms with Gasteiger partial charge in [-0.3, -0.25) is 9.59 Å². The standard InChI is InChI=1S/C22H21FN2O5/c1-3-28-19-13-17(25-22(27)18-10-7-11-30-18)20(29-4-2)12-16(19)24-21(26)14-8-5-6-9-15(14)23/h5-13H,3-4H2,1-2H3,(H,24,26)(H,25,27). The number of benzene rings is 2. The molecule has 0 aliphatic heterocycles. The van der Waals surface area contributed by atoms with Crippen molar-refractivity contribution in [1.29, 1.82) is 0 Å². The highest BCUT2D eigenvalue weighted by molar-refractivity contribution is 6.06. The molecule has 0 saturated carbocycles. The van der Waals surface area contributed by atoms with E-state index in [9.17, 15) is 14.0 Å². The minimum absolute atomic E-state index is 0.104. The Morgan fingerprint density at radius 1 is 0.900 bits per heavy atom. The van der Waals surface area contributed by atoms with Gasteiger partial charge in [-0.2, -0.15) is 0 Å². The highest BCUT2D eigenvalue weighted by atomic mass is 19.1. The van der Waals surface area contributed by atoms with E-state index < -0.39 is 17.6 Å². The number of nitrogens with one attached hydrogen (secondary N) is 2. The third-order valence-corrected chi connectivity index (χ3v) is 4.04. The average Bonchev–Trinajstić information content (AvgIpc) is 3.26. The molecule has 2 N–H and O–H groups in total. The van der Waals surface area contributed by atoms with Crippen molar-refractivity contribution >= 4 is 23.2 Å². The summed E-state index contributed by atoms with van der Waals surface area (Å²) >= 11 is 0. The van der Waals surface area contributed by atoms with Gasteiger partial charge in [0.2, 0.25) is 0 Å². The fourth-order valence-electron chi connectivity index (χ4n) is 2.73. The predicted octanol–water partition coefficient (Wildman–Crippen LogP) is 4.72. The summed E-state index contributed by atoms with van der Waals surface area (Å²) in [5.41, 5.74) is 0.517. The molecule has 8 heteroatoms. The number of ether oxygens (including phenoxy) is 2. The van der Waals surface area contributed by atoms with Crippen LogP contribution in [-0.2, 0) is 0 Å². The first-order valence-electron chi connectivity index (χ1n) is 9.37. The molecule has 0 fully saturated rings. The molecule has 0 aliphatic rings. The van der Waals surface area contributed by atoms with E-state index in [-0.39, 0.29) is 17.0 Å². The predicted molar refractivity (Wildman–Crippen MR) is 110 cm³/mol. The van der Waals surface area contributed by atoms with Gasteiger partial charge in [-0.15, -0.1) is 0 Å². The van der Waals surface area contributed by atoms with Crippen molar-refractivity contribution in [2.75, 3.05) is 23.8 Å². The second-order valence-electron chi connectivity index (χ2n) is 6.08. The van der Waals surface area contributed by atoms with Crippen LogP contribution in [0, 0.1) is 5.82 Å². The van der Waals surface area contributed by atoms with Gasteiger partial charge in [-0.25, -0.2) is 4.39 Å². The van der Waals surface area contributed by atoms with Gasteiger partial charge in [-0.05, 0) is 38.1 Å². The van der Waals surface area contributed by atoms with Crippen molar-refractivity contribution < 1.29 is 27.9 Å². The number of halogens is 1. The van der Waals surface area contributed by atoms with Crippen LogP contribution in [-0.4, -0.2) is 25.0 Å². The molecule has 0 radical (unpaired) electrons. The molecule has 2 amide bonds. The zero-order valence-corrected chi connectivity index (χ0v) is 16.5. The molecule has 0 unspecified atom stereocenters. The van der Waals surface area contributed by atoms with Gasteiger partial charge in [0.25, 0.3) is 11.8 Å². The molecule has 3 rings (SSSR count). The van der Waals surface area contributed by atoms with E-state index in [1.807, 2.05) is 0 Å². The summed E-state index contributed by atoms with van der Waals surface area (Å²) in [5, 5.41) is 5.35. The summed E-state index contributed by atoms with van der Waals surface area (Å²) in [4.78, 5) is 24.9. The van der Waals surface area contributed by atoms with Crippen LogP contribution in [0.25, 0.3) is 0 Å². The minimum atomic E-state index is -0.639. The number of hydrogen-bond donors (Lipinski definition) is 2. The second-order valence-corrected chi connectivity index (χ2v) is 6.08. The monoisotopic (exact) mass is 412 g/mol. The van der Waals surface area contributed by atoms with Crippen LogP contribution in [0.15, 0.2) is 59.2 Å². The Hall–Kier alpha value is -3.81. The third kappa shape index (κ3) is 4.78. The molecule has 0 aliphatic carbocycles. The average molecular weight is 412 g/mol. The van der Waals surface area contributed by atoms with E-state index in [1.165, 1.54) is 42.7 Å². The Morgan fingerprint density at radius 2 is 1.50 bits per heavy atom. The normalized spacial score (nSPS) is 10.4. The van der Waals surface area contributed by atoms with Crippen molar-refractivity contribution in [2.24, 2.45) is 0 Å². The molecule has 0 saturated heterocycles. The van der Waals surface area contributed by atoms with Crippen LogP contribution in [0.4, 0.5) is 15.8 Å². The molecule has 7 nitrogen and oxygen atoms in total. The van der Waals surface area contributed by atoms with Gasteiger partial charge in [0.1, 0.15) is 17.3 Å². The van der Waals surface area contributed by atoms with Crippen LogP contribution in [0.1, 0.15) is 34.8 Å². The summed E-state index contributed by atoms with van der Waals surface area (Å²) in [5.74, 6) is -1.01. The molecular weight excluding hydrogens is 391 g/mol.